The van der Waals surface area contributed by atoms with Crippen molar-refractivity contribution in [3.63, 3.8) is 0 Å². The molecule has 0 heterocycles. The second kappa shape index (κ2) is 5.78. The Hall–Kier alpha value is -2.29. The highest BCUT2D eigenvalue weighted by Crippen LogP contribution is 2.25. The molecular formula is C17H19NO2. The van der Waals surface area contributed by atoms with E-state index in [4.69, 9.17) is 4.74 Å². The van der Waals surface area contributed by atoms with Gasteiger partial charge in [0.25, 0.3) is 0 Å². The molecule has 0 aliphatic heterocycles. The summed E-state index contributed by atoms with van der Waals surface area (Å²) in [6.45, 7) is 6.05. The number of carbonyl (C=O) groups excluding carboxylic acids is 1. The Labute approximate surface area is 119 Å². The van der Waals surface area contributed by atoms with Gasteiger partial charge in [0.05, 0.1) is 18.4 Å². The predicted octanol–water partition coefficient (Wildman–Crippen LogP) is 4.14. The lowest BCUT2D eigenvalue weighted by atomic mass is 10.1. The first-order chi connectivity index (χ1) is 9.51. The summed E-state index contributed by atoms with van der Waals surface area (Å²) in [6.07, 6.45) is 0. The Morgan fingerprint density at radius 1 is 0.950 bits per heavy atom. The zero-order chi connectivity index (χ0) is 14.7. The first-order valence-electron chi connectivity index (χ1n) is 6.54. The van der Waals surface area contributed by atoms with Crippen molar-refractivity contribution in [3.8, 4) is 0 Å². The van der Waals surface area contributed by atoms with E-state index in [2.05, 4.69) is 18.3 Å². The van der Waals surface area contributed by atoms with Crippen LogP contribution in [0.1, 0.15) is 27.0 Å². The van der Waals surface area contributed by atoms with Gasteiger partial charge in [-0.2, -0.15) is 0 Å². The molecule has 0 aliphatic rings. The molecule has 0 spiro atoms. The van der Waals surface area contributed by atoms with E-state index in [0.29, 0.717) is 5.56 Å². The molecule has 0 radical (unpaired) electrons. The number of anilines is 2. The lowest BCUT2D eigenvalue weighted by Gasteiger charge is -2.14. The van der Waals surface area contributed by atoms with Crippen molar-refractivity contribution < 1.29 is 9.53 Å². The van der Waals surface area contributed by atoms with Gasteiger partial charge >= 0.3 is 5.97 Å². The van der Waals surface area contributed by atoms with Crippen LogP contribution in [0.15, 0.2) is 36.4 Å². The molecule has 2 aromatic carbocycles. The number of aryl methyl sites for hydroxylation is 3. The van der Waals surface area contributed by atoms with Crippen LogP contribution < -0.4 is 5.32 Å². The fourth-order valence-corrected chi connectivity index (χ4v) is 2.14. The molecule has 0 saturated heterocycles. The van der Waals surface area contributed by atoms with Crippen LogP contribution in [0.3, 0.4) is 0 Å². The minimum atomic E-state index is -0.332. The fourth-order valence-electron chi connectivity index (χ4n) is 2.14. The van der Waals surface area contributed by atoms with Gasteiger partial charge in [0.1, 0.15) is 0 Å². The standard InChI is InChI=1S/C17H19NO2/c1-11-5-7-15(13(3)9-11)18-16-8-6-12(2)10-14(16)17(19)20-4/h5-10,18H,1-4H3. The third kappa shape index (κ3) is 2.99. The Balaban J connectivity index is 2.40. The largest absolute Gasteiger partial charge is 0.465 e. The van der Waals surface area contributed by atoms with Gasteiger partial charge in [0.2, 0.25) is 0 Å². The van der Waals surface area contributed by atoms with E-state index in [0.717, 1.165) is 22.5 Å². The number of rotatable bonds is 3. The molecule has 104 valence electrons. The van der Waals surface area contributed by atoms with Crippen LogP contribution in [0.25, 0.3) is 0 Å². The molecular weight excluding hydrogens is 250 g/mol. The van der Waals surface area contributed by atoms with E-state index in [1.54, 1.807) is 0 Å². The molecule has 1 N–H and O–H groups in total. The first kappa shape index (κ1) is 14.1. The van der Waals surface area contributed by atoms with E-state index < -0.39 is 0 Å². The molecule has 0 amide bonds. The third-order valence-electron chi connectivity index (χ3n) is 3.23. The summed E-state index contributed by atoms with van der Waals surface area (Å²) in [5, 5.41) is 3.31. The molecule has 0 fully saturated rings. The zero-order valence-electron chi connectivity index (χ0n) is 12.3. The molecule has 2 rings (SSSR count). The molecule has 3 nitrogen and oxygen atoms in total. The predicted molar refractivity (Wildman–Crippen MR) is 81.7 cm³/mol. The van der Waals surface area contributed by atoms with Gasteiger partial charge in [0, 0.05) is 5.69 Å². The Morgan fingerprint density at radius 3 is 2.15 bits per heavy atom. The summed E-state index contributed by atoms with van der Waals surface area (Å²) in [7, 11) is 1.39. The maximum absolute atomic E-state index is 11.9. The summed E-state index contributed by atoms with van der Waals surface area (Å²) in [6, 6.07) is 11.9. The van der Waals surface area contributed by atoms with Crippen LogP contribution >= 0.6 is 0 Å². The summed E-state index contributed by atoms with van der Waals surface area (Å²) >= 11 is 0. The number of nitrogens with one attached hydrogen (secondary N) is 1. The van der Waals surface area contributed by atoms with Gasteiger partial charge in [-0.1, -0.05) is 29.3 Å². The molecule has 0 aliphatic carbocycles. The third-order valence-corrected chi connectivity index (χ3v) is 3.23. The van der Waals surface area contributed by atoms with Crippen LogP contribution in [0.5, 0.6) is 0 Å². The van der Waals surface area contributed by atoms with E-state index >= 15 is 0 Å². The zero-order valence-corrected chi connectivity index (χ0v) is 12.3. The Morgan fingerprint density at radius 2 is 1.55 bits per heavy atom. The summed E-state index contributed by atoms with van der Waals surface area (Å²) in [5.74, 6) is -0.332. The van der Waals surface area contributed by atoms with Gasteiger partial charge in [-0.25, -0.2) is 4.79 Å². The lowest BCUT2D eigenvalue weighted by Crippen LogP contribution is -2.06. The van der Waals surface area contributed by atoms with Gasteiger partial charge in [-0.05, 0) is 44.5 Å². The average molecular weight is 269 g/mol. The Bertz CT molecular complexity index is 647. The van der Waals surface area contributed by atoms with Crippen LogP contribution in [-0.4, -0.2) is 13.1 Å². The molecule has 0 atom stereocenters. The van der Waals surface area contributed by atoms with Crippen LogP contribution in [0, 0.1) is 20.8 Å². The minimum Gasteiger partial charge on any atom is -0.465 e. The SMILES string of the molecule is COC(=O)c1cc(C)ccc1Nc1ccc(C)cc1C. The monoisotopic (exact) mass is 269 g/mol. The van der Waals surface area contributed by atoms with Crippen molar-refractivity contribution in [2.24, 2.45) is 0 Å². The second-order valence-corrected chi connectivity index (χ2v) is 4.98. The van der Waals surface area contributed by atoms with Crippen molar-refractivity contribution in [1.82, 2.24) is 0 Å². The summed E-state index contributed by atoms with van der Waals surface area (Å²) in [5.41, 5.74) is 5.68. The molecule has 2 aromatic rings. The second-order valence-electron chi connectivity index (χ2n) is 4.98. The average Bonchev–Trinajstić information content (AvgIpc) is 2.42. The molecule has 0 aromatic heterocycles. The van der Waals surface area contributed by atoms with E-state index in [1.807, 2.05) is 44.2 Å². The highest BCUT2D eigenvalue weighted by molar-refractivity contribution is 5.96. The number of benzene rings is 2. The topological polar surface area (TPSA) is 38.3 Å². The van der Waals surface area contributed by atoms with E-state index in [9.17, 15) is 4.79 Å². The molecule has 0 bridgehead atoms. The maximum Gasteiger partial charge on any atom is 0.339 e. The Kier molecular flexibility index (Phi) is 4.08. The maximum atomic E-state index is 11.9. The summed E-state index contributed by atoms with van der Waals surface area (Å²) < 4.78 is 4.84. The quantitative estimate of drug-likeness (QED) is 0.851. The van der Waals surface area contributed by atoms with Crippen molar-refractivity contribution in [2.75, 3.05) is 12.4 Å². The number of esters is 1. The number of carbonyl (C=O) groups is 1. The number of ether oxygens (including phenoxy) is 1. The van der Waals surface area contributed by atoms with Crippen molar-refractivity contribution in [2.45, 2.75) is 20.8 Å². The molecule has 0 unspecified atom stereocenters. The number of methoxy groups -OCH3 is 1. The van der Waals surface area contributed by atoms with Crippen LogP contribution in [0.2, 0.25) is 0 Å². The molecule has 3 heteroatoms. The van der Waals surface area contributed by atoms with Gasteiger partial charge in [-0.15, -0.1) is 0 Å². The van der Waals surface area contributed by atoms with E-state index in [1.165, 1.54) is 12.7 Å². The summed E-state index contributed by atoms with van der Waals surface area (Å²) in [4.78, 5) is 11.9. The van der Waals surface area contributed by atoms with Crippen molar-refractivity contribution in [1.29, 1.82) is 0 Å². The van der Waals surface area contributed by atoms with E-state index in [-0.39, 0.29) is 5.97 Å². The highest BCUT2D eigenvalue weighted by Gasteiger charge is 2.12. The van der Waals surface area contributed by atoms with Crippen LogP contribution in [-0.2, 0) is 4.74 Å². The van der Waals surface area contributed by atoms with Crippen molar-refractivity contribution in [3.05, 3.63) is 58.7 Å². The smallest absolute Gasteiger partial charge is 0.339 e. The minimum absolute atomic E-state index is 0.332. The fraction of sp³-hybridized carbons (Fsp3) is 0.235. The normalized spacial score (nSPS) is 10.2. The molecule has 0 saturated carbocycles. The highest BCUT2D eigenvalue weighted by atomic mass is 16.5. The van der Waals surface area contributed by atoms with Crippen LogP contribution in [0.4, 0.5) is 11.4 Å². The van der Waals surface area contributed by atoms with Crippen molar-refractivity contribution >= 4 is 17.3 Å². The number of hydrogen-bond acceptors (Lipinski definition) is 3. The van der Waals surface area contributed by atoms with Gasteiger partial charge in [-0.3, -0.25) is 0 Å². The first-order valence-corrected chi connectivity index (χ1v) is 6.54. The molecule has 20 heavy (non-hydrogen) atoms. The van der Waals surface area contributed by atoms with Gasteiger partial charge in [0.15, 0.2) is 0 Å². The van der Waals surface area contributed by atoms with Gasteiger partial charge < -0.3 is 10.1 Å². The number of hydrogen-bond donors (Lipinski definition) is 1. The lowest BCUT2D eigenvalue weighted by molar-refractivity contribution is 0.0602.